The molecule has 1 fully saturated rings. The van der Waals surface area contributed by atoms with Gasteiger partial charge in [-0.05, 0) is 50.3 Å². The van der Waals surface area contributed by atoms with Crippen molar-refractivity contribution in [2.75, 3.05) is 0 Å². The van der Waals surface area contributed by atoms with Crippen LogP contribution in [-0.2, 0) is 11.2 Å². The van der Waals surface area contributed by atoms with Crippen molar-refractivity contribution in [1.82, 2.24) is 5.32 Å². The van der Waals surface area contributed by atoms with Gasteiger partial charge in [0, 0.05) is 6.04 Å². The second-order valence-corrected chi connectivity index (χ2v) is 5.96. The van der Waals surface area contributed by atoms with Gasteiger partial charge in [-0.25, -0.2) is 0 Å². The first-order valence-corrected chi connectivity index (χ1v) is 7.42. The van der Waals surface area contributed by atoms with Gasteiger partial charge in [-0.1, -0.05) is 37.0 Å². The maximum absolute atomic E-state index is 12.2. The molecule has 0 spiro atoms. The van der Waals surface area contributed by atoms with Gasteiger partial charge in [-0.3, -0.25) is 4.79 Å². The van der Waals surface area contributed by atoms with E-state index in [-0.39, 0.29) is 5.91 Å². The molecule has 0 saturated heterocycles. The van der Waals surface area contributed by atoms with E-state index in [1.807, 2.05) is 0 Å². The van der Waals surface area contributed by atoms with Crippen molar-refractivity contribution < 1.29 is 4.79 Å². The fourth-order valence-electron chi connectivity index (χ4n) is 3.17. The van der Waals surface area contributed by atoms with Crippen LogP contribution in [0.1, 0.15) is 54.4 Å². The van der Waals surface area contributed by atoms with Crippen LogP contribution in [-0.4, -0.2) is 11.9 Å². The van der Waals surface area contributed by atoms with E-state index in [2.05, 4.69) is 38.2 Å². The number of aryl methyl sites for hydroxylation is 3. The van der Waals surface area contributed by atoms with Gasteiger partial charge >= 0.3 is 0 Å². The number of amides is 1. The van der Waals surface area contributed by atoms with E-state index in [4.69, 9.17) is 0 Å². The summed E-state index contributed by atoms with van der Waals surface area (Å²) < 4.78 is 0. The Morgan fingerprint density at radius 1 is 1.11 bits per heavy atom. The van der Waals surface area contributed by atoms with Crippen LogP contribution in [0.2, 0.25) is 0 Å². The van der Waals surface area contributed by atoms with Crippen LogP contribution >= 0.6 is 0 Å². The molecule has 1 aromatic carbocycles. The number of hydrogen-bond acceptors (Lipinski definition) is 1. The highest BCUT2D eigenvalue weighted by atomic mass is 16.1. The monoisotopic (exact) mass is 259 g/mol. The SMILES string of the molecule is Cc1cc(C)c(CC(=O)NC2CCCCC2)c(C)c1. The zero-order chi connectivity index (χ0) is 13.8. The lowest BCUT2D eigenvalue weighted by Gasteiger charge is -2.23. The van der Waals surface area contributed by atoms with Crippen LogP contribution in [0.4, 0.5) is 0 Å². The molecule has 1 aliphatic carbocycles. The number of carbonyl (C=O) groups excluding carboxylic acids is 1. The van der Waals surface area contributed by atoms with E-state index in [9.17, 15) is 4.79 Å². The molecule has 0 aromatic heterocycles. The summed E-state index contributed by atoms with van der Waals surface area (Å²) in [6.45, 7) is 6.30. The van der Waals surface area contributed by atoms with Gasteiger partial charge in [-0.2, -0.15) is 0 Å². The van der Waals surface area contributed by atoms with Gasteiger partial charge in [0.1, 0.15) is 0 Å². The Hall–Kier alpha value is -1.31. The van der Waals surface area contributed by atoms with Crippen molar-refractivity contribution in [3.05, 3.63) is 34.4 Å². The fourth-order valence-corrected chi connectivity index (χ4v) is 3.17. The van der Waals surface area contributed by atoms with Crippen molar-refractivity contribution in [2.45, 2.75) is 65.3 Å². The topological polar surface area (TPSA) is 29.1 Å². The molecule has 0 bridgehead atoms. The van der Waals surface area contributed by atoms with Crippen LogP contribution in [0.15, 0.2) is 12.1 Å². The molecular formula is C17H25NO. The van der Waals surface area contributed by atoms with Crippen molar-refractivity contribution >= 4 is 5.91 Å². The summed E-state index contributed by atoms with van der Waals surface area (Å²) in [5.74, 6) is 0.182. The van der Waals surface area contributed by atoms with Crippen LogP contribution in [0.5, 0.6) is 0 Å². The van der Waals surface area contributed by atoms with Gasteiger partial charge in [0.05, 0.1) is 6.42 Å². The molecular weight excluding hydrogens is 234 g/mol. The lowest BCUT2D eigenvalue weighted by molar-refractivity contribution is -0.121. The van der Waals surface area contributed by atoms with Crippen molar-refractivity contribution in [1.29, 1.82) is 0 Å². The smallest absolute Gasteiger partial charge is 0.224 e. The first-order chi connectivity index (χ1) is 9.06. The fraction of sp³-hybridized carbons (Fsp3) is 0.588. The van der Waals surface area contributed by atoms with Gasteiger partial charge < -0.3 is 5.32 Å². The summed E-state index contributed by atoms with van der Waals surface area (Å²) in [6.07, 6.45) is 6.66. The minimum Gasteiger partial charge on any atom is -0.353 e. The number of benzene rings is 1. The molecule has 0 radical (unpaired) electrons. The average Bonchev–Trinajstić information content (AvgIpc) is 2.35. The van der Waals surface area contributed by atoms with Gasteiger partial charge in [-0.15, -0.1) is 0 Å². The summed E-state index contributed by atoms with van der Waals surface area (Å²) in [4.78, 5) is 12.2. The Kier molecular flexibility index (Phi) is 4.62. The summed E-state index contributed by atoms with van der Waals surface area (Å²) in [5, 5.41) is 3.20. The van der Waals surface area contributed by atoms with E-state index in [0.29, 0.717) is 12.5 Å². The minimum atomic E-state index is 0.182. The zero-order valence-corrected chi connectivity index (χ0v) is 12.4. The third-order valence-corrected chi connectivity index (χ3v) is 4.15. The minimum absolute atomic E-state index is 0.182. The molecule has 0 atom stereocenters. The second-order valence-electron chi connectivity index (χ2n) is 5.96. The molecule has 2 heteroatoms. The molecule has 19 heavy (non-hydrogen) atoms. The van der Waals surface area contributed by atoms with Crippen molar-refractivity contribution in [3.63, 3.8) is 0 Å². The van der Waals surface area contributed by atoms with E-state index < -0.39 is 0 Å². The summed E-state index contributed by atoms with van der Waals surface area (Å²) in [7, 11) is 0. The molecule has 1 aliphatic rings. The zero-order valence-electron chi connectivity index (χ0n) is 12.4. The maximum atomic E-state index is 12.2. The Labute approximate surface area is 116 Å². The standard InChI is InChI=1S/C17H25NO/c1-12-9-13(2)16(14(3)10-12)11-17(19)18-15-7-5-4-6-8-15/h9-10,15H,4-8,11H2,1-3H3,(H,18,19). The second kappa shape index (κ2) is 6.23. The largest absolute Gasteiger partial charge is 0.353 e. The van der Waals surface area contributed by atoms with Crippen molar-refractivity contribution in [3.8, 4) is 0 Å². The third kappa shape index (κ3) is 3.82. The molecule has 2 rings (SSSR count). The van der Waals surface area contributed by atoms with E-state index in [1.54, 1.807) is 0 Å². The Morgan fingerprint density at radius 3 is 2.26 bits per heavy atom. The Balaban J connectivity index is 1.98. The molecule has 1 aromatic rings. The Morgan fingerprint density at radius 2 is 1.68 bits per heavy atom. The number of rotatable bonds is 3. The third-order valence-electron chi connectivity index (χ3n) is 4.15. The molecule has 1 saturated carbocycles. The van der Waals surface area contributed by atoms with Crippen LogP contribution in [0.25, 0.3) is 0 Å². The molecule has 0 unspecified atom stereocenters. The Bertz CT molecular complexity index is 435. The highest BCUT2D eigenvalue weighted by molar-refractivity contribution is 5.79. The van der Waals surface area contributed by atoms with Gasteiger partial charge in [0.25, 0.3) is 0 Å². The maximum Gasteiger partial charge on any atom is 0.224 e. The van der Waals surface area contributed by atoms with Crippen LogP contribution in [0.3, 0.4) is 0 Å². The average molecular weight is 259 g/mol. The predicted molar refractivity (Wildman–Crippen MR) is 79.4 cm³/mol. The van der Waals surface area contributed by atoms with E-state index in [1.165, 1.54) is 41.5 Å². The summed E-state index contributed by atoms with van der Waals surface area (Å²) in [6, 6.07) is 4.74. The quantitative estimate of drug-likeness (QED) is 0.883. The first kappa shape index (κ1) is 14.1. The van der Waals surface area contributed by atoms with E-state index >= 15 is 0 Å². The highest BCUT2D eigenvalue weighted by Gasteiger charge is 2.16. The number of nitrogens with one attached hydrogen (secondary N) is 1. The van der Waals surface area contributed by atoms with Crippen LogP contribution < -0.4 is 5.32 Å². The van der Waals surface area contributed by atoms with Crippen molar-refractivity contribution in [2.24, 2.45) is 0 Å². The summed E-state index contributed by atoms with van der Waals surface area (Å²) >= 11 is 0. The molecule has 0 heterocycles. The number of carbonyl (C=O) groups is 1. The molecule has 1 amide bonds. The first-order valence-electron chi connectivity index (χ1n) is 7.42. The predicted octanol–water partition coefficient (Wildman–Crippen LogP) is 3.60. The molecule has 2 nitrogen and oxygen atoms in total. The lowest BCUT2D eigenvalue weighted by atomic mass is 9.94. The summed E-state index contributed by atoms with van der Waals surface area (Å²) in [5.41, 5.74) is 4.93. The molecule has 1 N–H and O–H groups in total. The van der Waals surface area contributed by atoms with Gasteiger partial charge in [0.2, 0.25) is 5.91 Å². The van der Waals surface area contributed by atoms with Gasteiger partial charge in [0.15, 0.2) is 0 Å². The molecule has 0 aliphatic heterocycles. The lowest BCUT2D eigenvalue weighted by Crippen LogP contribution is -2.37. The molecule has 104 valence electrons. The number of hydrogen-bond donors (Lipinski definition) is 1. The van der Waals surface area contributed by atoms with E-state index in [0.717, 1.165) is 12.8 Å². The highest BCUT2D eigenvalue weighted by Crippen LogP contribution is 2.19. The normalized spacial score (nSPS) is 16.4. The van der Waals surface area contributed by atoms with Crippen LogP contribution in [0, 0.1) is 20.8 Å².